The zero-order chi connectivity index (χ0) is 21.7. The van der Waals surface area contributed by atoms with Gasteiger partial charge in [0.2, 0.25) is 23.5 Å². The van der Waals surface area contributed by atoms with E-state index >= 15 is 0 Å². The number of amides is 1. The van der Waals surface area contributed by atoms with E-state index in [1.165, 1.54) is 21.3 Å². The summed E-state index contributed by atoms with van der Waals surface area (Å²) >= 11 is 0. The Morgan fingerprint density at radius 1 is 0.767 bits per heavy atom. The Hall–Kier alpha value is -3.43. The van der Waals surface area contributed by atoms with Crippen LogP contribution >= 0.6 is 0 Å². The van der Waals surface area contributed by atoms with Gasteiger partial charge in [-0.2, -0.15) is 9.97 Å². The summed E-state index contributed by atoms with van der Waals surface area (Å²) < 4.78 is 26.4. The van der Waals surface area contributed by atoms with Crippen LogP contribution in [0.25, 0.3) is 0 Å². The molecule has 1 aliphatic rings. The van der Waals surface area contributed by atoms with Gasteiger partial charge in [0.1, 0.15) is 0 Å². The zero-order valence-electron chi connectivity index (χ0n) is 17.8. The average Bonchev–Trinajstić information content (AvgIpc) is 2.82. The first kappa shape index (κ1) is 21.3. The molecule has 1 aromatic carbocycles. The first-order valence-electron chi connectivity index (χ1n) is 9.35. The monoisotopic (exact) mass is 418 g/mol. The van der Waals surface area contributed by atoms with Gasteiger partial charge in [-0.05, 0) is 12.1 Å². The molecule has 0 N–H and O–H groups in total. The van der Waals surface area contributed by atoms with Crippen molar-refractivity contribution in [1.82, 2.24) is 14.9 Å². The molecule has 0 atom stereocenters. The predicted molar refractivity (Wildman–Crippen MR) is 109 cm³/mol. The third-order valence-electron chi connectivity index (χ3n) is 4.85. The van der Waals surface area contributed by atoms with Gasteiger partial charge in [0.05, 0.1) is 41.6 Å². The van der Waals surface area contributed by atoms with Crippen molar-refractivity contribution in [2.24, 2.45) is 0 Å². The second-order valence-electron chi connectivity index (χ2n) is 6.45. The summed E-state index contributed by atoms with van der Waals surface area (Å²) in [6.07, 6.45) is 0. The maximum absolute atomic E-state index is 13.1. The molecule has 0 bridgehead atoms. The van der Waals surface area contributed by atoms with E-state index in [0.717, 1.165) is 0 Å². The van der Waals surface area contributed by atoms with Gasteiger partial charge in [0.25, 0.3) is 5.91 Å². The van der Waals surface area contributed by atoms with Crippen LogP contribution in [0.1, 0.15) is 10.4 Å². The Morgan fingerprint density at radius 3 is 1.73 bits per heavy atom. The van der Waals surface area contributed by atoms with Crippen LogP contribution in [0, 0.1) is 0 Å². The summed E-state index contributed by atoms with van der Waals surface area (Å²) in [7, 11) is 7.65. The lowest BCUT2D eigenvalue weighted by atomic mass is 10.1. The van der Waals surface area contributed by atoms with Crippen LogP contribution in [0.2, 0.25) is 0 Å². The molecule has 3 rings (SSSR count). The van der Waals surface area contributed by atoms with Gasteiger partial charge in [-0.25, -0.2) is 0 Å². The lowest BCUT2D eigenvalue weighted by Crippen LogP contribution is -2.49. The fourth-order valence-electron chi connectivity index (χ4n) is 3.24. The number of aromatic nitrogens is 2. The number of rotatable bonds is 7. The third kappa shape index (κ3) is 4.27. The summed E-state index contributed by atoms with van der Waals surface area (Å²) in [5.74, 6) is 2.57. The topological polar surface area (TPSA) is 95.5 Å². The molecule has 0 spiro atoms. The minimum atomic E-state index is -0.113. The molecule has 0 aliphatic carbocycles. The Morgan fingerprint density at radius 2 is 1.30 bits per heavy atom. The quantitative estimate of drug-likeness (QED) is 0.662. The smallest absolute Gasteiger partial charge is 0.254 e. The average molecular weight is 418 g/mol. The van der Waals surface area contributed by atoms with E-state index < -0.39 is 0 Å². The number of hydrogen-bond acceptors (Lipinski definition) is 9. The molecule has 1 aliphatic heterocycles. The van der Waals surface area contributed by atoms with Crippen LogP contribution in [-0.2, 0) is 0 Å². The van der Waals surface area contributed by atoms with E-state index in [1.54, 1.807) is 37.3 Å². The van der Waals surface area contributed by atoms with Crippen molar-refractivity contribution in [2.75, 3.05) is 66.6 Å². The van der Waals surface area contributed by atoms with Crippen molar-refractivity contribution in [3.63, 3.8) is 0 Å². The van der Waals surface area contributed by atoms with Crippen molar-refractivity contribution in [2.45, 2.75) is 0 Å². The van der Waals surface area contributed by atoms with Crippen molar-refractivity contribution < 1.29 is 28.5 Å². The molecule has 0 radical (unpaired) electrons. The third-order valence-corrected chi connectivity index (χ3v) is 4.85. The highest BCUT2D eigenvalue weighted by Crippen LogP contribution is 2.38. The number of piperazine rings is 1. The number of hydrogen-bond donors (Lipinski definition) is 0. The number of benzene rings is 1. The molecule has 10 nitrogen and oxygen atoms in total. The van der Waals surface area contributed by atoms with Crippen LogP contribution in [0.3, 0.4) is 0 Å². The molecular formula is C20H26N4O6. The number of ether oxygens (including phenoxy) is 5. The van der Waals surface area contributed by atoms with Gasteiger partial charge in [0, 0.05) is 31.7 Å². The number of nitrogens with zero attached hydrogens (tertiary/aromatic N) is 4. The van der Waals surface area contributed by atoms with E-state index in [2.05, 4.69) is 9.97 Å². The SMILES string of the molecule is COc1cc(OC)nc(N2CCN(C(=O)c3cc(OC)c(OC)c(OC)c3)CC2)n1. The fourth-order valence-corrected chi connectivity index (χ4v) is 3.24. The number of anilines is 1. The van der Waals surface area contributed by atoms with E-state index in [4.69, 9.17) is 23.7 Å². The highest BCUT2D eigenvalue weighted by atomic mass is 16.5. The number of methoxy groups -OCH3 is 5. The van der Waals surface area contributed by atoms with Gasteiger partial charge in [0.15, 0.2) is 11.5 Å². The van der Waals surface area contributed by atoms with Crippen LogP contribution in [0.15, 0.2) is 18.2 Å². The summed E-state index contributed by atoms with van der Waals surface area (Å²) in [6, 6.07) is 4.94. The van der Waals surface area contributed by atoms with E-state index in [1.807, 2.05) is 4.90 Å². The normalized spacial score (nSPS) is 13.6. The van der Waals surface area contributed by atoms with E-state index in [-0.39, 0.29) is 5.91 Å². The maximum Gasteiger partial charge on any atom is 0.254 e. The minimum absolute atomic E-state index is 0.113. The van der Waals surface area contributed by atoms with Crippen molar-refractivity contribution in [3.8, 4) is 29.0 Å². The molecular weight excluding hydrogens is 392 g/mol. The Bertz CT molecular complexity index is 852. The zero-order valence-corrected chi connectivity index (χ0v) is 17.8. The van der Waals surface area contributed by atoms with Gasteiger partial charge in [-0.1, -0.05) is 0 Å². The lowest BCUT2D eigenvalue weighted by molar-refractivity contribution is 0.0745. The summed E-state index contributed by atoms with van der Waals surface area (Å²) in [5.41, 5.74) is 0.470. The molecule has 2 heterocycles. The van der Waals surface area contributed by atoms with Crippen LogP contribution < -0.4 is 28.6 Å². The number of carbonyl (C=O) groups excluding carboxylic acids is 1. The standard InChI is InChI=1S/C20H26N4O6/c1-26-14-10-13(11-15(27-2)18(14)30-5)19(25)23-6-8-24(9-7-23)20-21-16(28-3)12-17(22-20)29-4/h10-12H,6-9H2,1-5H3. The Balaban J connectivity index is 1.75. The molecule has 162 valence electrons. The van der Waals surface area contributed by atoms with Gasteiger partial charge < -0.3 is 33.5 Å². The first-order chi connectivity index (χ1) is 14.5. The molecule has 1 amide bonds. The second-order valence-corrected chi connectivity index (χ2v) is 6.45. The first-order valence-corrected chi connectivity index (χ1v) is 9.35. The highest BCUT2D eigenvalue weighted by Gasteiger charge is 2.26. The largest absolute Gasteiger partial charge is 0.493 e. The molecule has 30 heavy (non-hydrogen) atoms. The van der Waals surface area contributed by atoms with Crippen molar-refractivity contribution in [3.05, 3.63) is 23.8 Å². The molecule has 1 fully saturated rings. The van der Waals surface area contributed by atoms with Crippen molar-refractivity contribution in [1.29, 1.82) is 0 Å². The lowest BCUT2D eigenvalue weighted by Gasteiger charge is -2.35. The molecule has 1 aromatic heterocycles. The summed E-state index contributed by atoms with van der Waals surface area (Å²) in [5, 5.41) is 0. The van der Waals surface area contributed by atoms with Crippen LogP contribution in [0.4, 0.5) is 5.95 Å². The van der Waals surface area contributed by atoms with Crippen molar-refractivity contribution >= 4 is 11.9 Å². The number of carbonyl (C=O) groups is 1. The van der Waals surface area contributed by atoms with Gasteiger partial charge >= 0.3 is 0 Å². The molecule has 2 aromatic rings. The van der Waals surface area contributed by atoms with E-state index in [0.29, 0.717) is 66.7 Å². The summed E-state index contributed by atoms with van der Waals surface area (Å²) in [6.45, 7) is 2.18. The molecule has 1 saturated heterocycles. The van der Waals surface area contributed by atoms with Gasteiger partial charge in [-0.3, -0.25) is 4.79 Å². The molecule has 10 heteroatoms. The molecule has 0 saturated carbocycles. The Labute approximate surface area is 175 Å². The minimum Gasteiger partial charge on any atom is -0.493 e. The van der Waals surface area contributed by atoms with E-state index in [9.17, 15) is 4.79 Å². The highest BCUT2D eigenvalue weighted by molar-refractivity contribution is 5.95. The maximum atomic E-state index is 13.1. The van der Waals surface area contributed by atoms with Crippen LogP contribution in [-0.4, -0.2) is 82.5 Å². The summed E-state index contributed by atoms with van der Waals surface area (Å²) in [4.78, 5) is 25.6. The second kappa shape index (κ2) is 9.38. The molecule has 0 unspecified atom stereocenters. The Kier molecular flexibility index (Phi) is 6.65. The fraction of sp³-hybridized carbons (Fsp3) is 0.450. The van der Waals surface area contributed by atoms with Crippen LogP contribution in [0.5, 0.6) is 29.0 Å². The van der Waals surface area contributed by atoms with Gasteiger partial charge in [-0.15, -0.1) is 0 Å². The predicted octanol–water partition coefficient (Wildman–Crippen LogP) is 1.48.